The molecule has 1 heterocycles. The van der Waals surface area contributed by atoms with E-state index in [1.807, 2.05) is 25.1 Å². The number of halogens is 2. The van der Waals surface area contributed by atoms with E-state index in [0.717, 1.165) is 17.8 Å². The largest absolute Gasteiger partial charge is 0.378 e. The van der Waals surface area contributed by atoms with E-state index in [9.17, 15) is 8.78 Å². The Kier molecular flexibility index (Phi) is 4.97. The van der Waals surface area contributed by atoms with Gasteiger partial charge < -0.3 is 9.88 Å². The first kappa shape index (κ1) is 14.8. The Balaban J connectivity index is 0.00000162. The molecular weight excluding hydrogens is 417 g/mol. The Labute approximate surface area is 119 Å². The summed E-state index contributed by atoms with van der Waals surface area (Å²) in [6.07, 6.45) is 1.58. The van der Waals surface area contributed by atoms with Crippen LogP contribution >= 0.6 is 0 Å². The number of aromatic nitrogens is 1. The Morgan fingerprint density at radius 1 is 1.22 bits per heavy atom. The molecular formula is C13H11F2N2Pt-. The van der Waals surface area contributed by atoms with Crippen molar-refractivity contribution in [3.63, 3.8) is 0 Å². The molecule has 0 radical (unpaired) electrons. The van der Waals surface area contributed by atoms with E-state index in [4.69, 9.17) is 0 Å². The standard InChI is InChI=1S/C13H11F2N2.Pt/c1-17(2)10-5-6-16-13(8-10)11-4-3-9(14)7-12(11)15;/h3,5-8H,1-2H3;/q-1;. The van der Waals surface area contributed by atoms with E-state index < -0.39 is 11.6 Å². The van der Waals surface area contributed by atoms with Crippen molar-refractivity contribution in [2.45, 2.75) is 0 Å². The molecule has 0 atom stereocenters. The van der Waals surface area contributed by atoms with Gasteiger partial charge in [0.05, 0.1) is 0 Å². The summed E-state index contributed by atoms with van der Waals surface area (Å²) in [6.45, 7) is 0. The summed E-state index contributed by atoms with van der Waals surface area (Å²) in [5.74, 6) is -1.30. The Morgan fingerprint density at radius 3 is 2.56 bits per heavy atom. The normalized spacial score (nSPS) is 9.78. The number of benzene rings is 1. The molecule has 2 nitrogen and oxygen atoms in total. The molecule has 0 saturated carbocycles. The van der Waals surface area contributed by atoms with E-state index in [0.29, 0.717) is 5.69 Å². The van der Waals surface area contributed by atoms with Crippen molar-refractivity contribution in [3.8, 4) is 11.3 Å². The summed E-state index contributed by atoms with van der Waals surface area (Å²) >= 11 is 0. The second kappa shape index (κ2) is 6.05. The van der Waals surface area contributed by atoms with Crippen LogP contribution in [0.1, 0.15) is 0 Å². The molecule has 0 unspecified atom stereocenters. The average Bonchev–Trinajstić information content (AvgIpc) is 2.29. The average molecular weight is 428 g/mol. The van der Waals surface area contributed by atoms with Crippen molar-refractivity contribution in [1.82, 2.24) is 4.98 Å². The molecule has 0 N–H and O–H groups in total. The first-order valence-electron chi connectivity index (χ1n) is 5.08. The number of hydrogen-bond donors (Lipinski definition) is 0. The maximum atomic E-state index is 13.5. The van der Waals surface area contributed by atoms with Crippen LogP contribution in [0.2, 0.25) is 0 Å². The molecule has 0 bridgehead atoms. The van der Waals surface area contributed by atoms with Gasteiger partial charge in [-0.25, -0.2) is 0 Å². The fourth-order valence-electron chi connectivity index (χ4n) is 1.48. The van der Waals surface area contributed by atoms with Crippen molar-refractivity contribution in [2.24, 2.45) is 0 Å². The number of anilines is 1. The molecule has 1 aromatic carbocycles. The first-order chi connectivity index (χ1) is 8.08. The molecule has 0 aliphatic carbocycles. The van der Waals surface area contributed by atoms with Gasteiger partial charge in [0.2, 0.25) is 0 Å². The molecule has 1 aromatic heterocycles. The van der Waals surface area contributed by atoms with Crippen LogP contribution in [0.3, 0.4) is 0 Å². The van der Waals surface area contributed by atoms with Crippen molar-refractivity contribution < 1.29 is 29.8 Å². The van der Waals surface area contributed by atoms with Gasteiger partial charge in [0.1, 0.15) is 0 Å². The van der Waals surface area contributed by atoms with Crippen molar-refractivity contribution in [1.29, 1.82) is 0 Å². The molecule has 0 aliphatic heterocycles. The van der Waals surface area contributed by atoms with E-state index in [1.54, 1.807) is 12.3 Å². The van der Waals surface area contributed by atoms with E-state index in [1.165, 1.54) is 0 Å². The van der Waals surface area contributed by atoms with Gasteiger partial charge in [0, 0.05) is 58.7 Å². The SMILES string of the molecule is CN(C)c1ccnc(-c2[c-]cc(F)cc2F)c1.[Pt]. The third-order valence-electron chi connectivity index (χ3n) is 2.37. The van der Waals surface area contributed by atoms with E-state index in [2.05, 4.69) is 11.1 Å². The minimum Gasteiger partial charge on any atom is -0.378 e. The van der Waals surface area contributed by atoms with Crippen LogP contribution < -0.4 is 4.90 Å². The monoisotopic (exact) mass is 428 g/mol. The third kappa shape index (κ3) is 3.14. The summed E-state index contributed by atoms with van der Waals surface area (Å²) in [5, 5.41) is 0. The fraction of sp³-hybridized carbons (Fsp3) is 0.154. The van der Waals surface area contributed by atoms with Gasteiger partial charge in [-0.2, -0.15) is 0 Å². The number of pyridine rings is 1. The quantitative estimate of drug-likeness (QED) is 0.685. The van der Waals surface area contributed by atoms with Crippen LogP contribution in [0, 0.1) is 17.7 Å². The molecule has 2 rings (SSSR count). The molecule has 0 aliphatic rings. The fourth-order valence-corrected chi connectivity index (χ4v) is 1.48. The van der Waals surface area contributed by atoms with Gasteiger partial charge in [-0.05, 0) is 11.8 Å². The molecule has 5 heteroatoms. The second-order valence-corrected chi connectivity index (χ2v) is 3.83. The van der Waals surface area contributed by atoms with E-state index >= 15 is 0 Å². The molecule has 0 spiro atoms. The van der Waals surface area contributed by atoms with Crippen molar-refractivity contribution >= 4 is 5.69 Å². The third-order valence-corrected chi connectivity index (χ3v) is 2.37. The van der Waals surface area contributed by atoms with E-state index in [-0.39, 0.29) is 26.6 Å². The Hall–Kier alpha value is -1.28. The molecule has 2 aromatic rings. The van der Waals surface area contributed by atoms with Gasteiger partial charge in [0.15, 0.2) is 0 Å². The number of nitrogens with zero attached hydrogens (tertiary/aromatic N) is 2. The van der Waals surface area contributed by atoms with Crippen LogP contribution in [0.5, 0.6) is 0 Å². The van der Waals surface area contributed by atoms with Crippen LogP contribution in [0.4, 0.5) is 14.5 Å². The molecule has 18 heavy (non-hydrogen) atoms. The first-order valence-corrected chi connectivity index (χ1v) is 5.08. The molecule has 0 amide bonds. The van der Waals surface area contributed by atoms with Gasteiger partial charge in [-0.3, -0.25) is 8.78 Å². The van der Waals surface area contributed by atoms with Gasteiger partial charge >= 0.3 is 0 Å². The smallest absolute Gasteiger partial charge is 0.0408 e. The molecule has 0 fully saturated rings. The van der Waals surface area contributed by atoms with Crippen LogP contribution in [-0.4, -0.2) is 19.1 Å². The van der Waals surface area contributed by atoms with Crippen LogP contribution in [0.25, 0.3) is 11.3 Å². The summed E-state index contributed by atoms with van der Waals surface area (Å²) in [6, 6.07) is 8.02. The van der Waals surface area contributed by atoms with Gasteiger partial charge in [-0.15, -0.1) is 12.1 Å². The van der Waals surface area contributed by atoms with Gasteiger partial charge in [0.25, 0.3) is 0 Å². The summed E-state index contributed by atoms with van der Waals surface area (Å²) < 4.78 is 26.3. The predicted octanol–water partition coefficient (Wildman–Crippen LogP) is 2.89. The Morgan fingerprint density at radius 2 is 1.94 bits per heavy atom. The zero-order valence-electron chi connectivity index (χ0n) is 9.85. The molecule has 0 saturated heterocycles. The number of rotatable bonds is 2. The van der Waals surface area contributed by atoms with Crippen LogP contribution in [-0.2, 0) is 21.1 Å². The zero-order valence-corrected chi connectivity index (χ0v) is 12.1. The molecule has 98 valence electrons. The maximum Gasteiger partial charge on any atom is 0.0408 e. The maximum absolute atomic E-state index is 13.5. The topological polar surface area (TPSA) is 16.1 Å². The minimum absolute atomic E-state index is 0. The number of hydrogen-bond acceptors (Lipinski definition) is 2. The summed E-state index contributed by atoms with van der Waals surface area (Å²) in [4.78, 5) is 5.94. The summed E-state index contributed by atoms with van der Waals surface area (Å²) in [5.41, 5.74) is 1.51. The van der Waals surface area contributed by atoms with Crippen molar-refractivity contribution in [3.05, 3.63) is 48.2 Å². The van der Waals surface area contributed by atoms with Gasteiger partial charge in [-0.1, -0.05) is 17.7 Å². The Bertz CT molecular complexity index is 544. The van der Waals surface area contributed by atoms with Crippen LogP contribution in [0.15, 0.2) is 30.5 Å². The second-order valence-electron chi connectivity index (χ2n) is 3.83. The zero-order chi connectivity index (χ0) is 12.4. The summed E-state index contributed by atoms with van der Waals surface area (Å²) in [7, 11) is 3.76. The minimum atomic E-state index is -0.659. The predicted molar refractivity (Wildman–Crippen MR) is 62.8 cm³/mol. The van der Waals surface area contributed by atoms with Crippen molar-refractivity contribution in [2.75, 3.05) is 19.0 Å².